The Morgan fingerprint density at radius 3 is 2.43 bits per heavy atom. The standard InChI is InChI=1S/C16H13Cl2F2NO2/c17-12-4-3-11(14(18)8-12)9-21-15(22)7-10-1-5-13(6-2-10)23-16(19)20/h1-6,8,16H,7,9H2,(H,21,22). The normalized spacial score (nSPS) is 10.7. The van der Waals surface area contributed by atoms with Crippen molar-refractivity contribution in [1.82, 2.24) is 5.32 Å². The second kappa shape index (κ2) is 8.13. The van der Waals surface area contributed by atoms with Crippen LogP contribution >= 0.6 is 23.2 Å². The van der Waals surface area contributed by atoms with Crippen LogP contribution in [0.1, 0.15) is 11.1 Å². The molecular weight excluding hydrogens is 347 g/mol. The third-order valence-corrected chi connectivity index (χ3v) is 3.59. The molecule has 0 atom stereocenters. The van der Waals surface area contributed by atoms with Crippen molar-refractivity contribution in [3.8, 4) is 5.75 Å². The Morgan fingerprint density at radius 2 is 1.83 bits per heavy atom. The molecule has 1 N–H and O–H groups in total. The van der Waals surface area contributed by atoms with E-state index in [1.807, 2.05) is 0 Å². The van der Waals surface area contributed by atoms with Gasteiger partial charge in [-0.15, -0.1) is 0 Å². The van der Waals surface area contributed by atoms with E-state index < -0.39 is 6.61 Å². The van der Waals surface area contributed by atoms with Crippen LogP contribution in [-0.2, 0) is 17.8 Å². The van der Waals surface area contributed by atoms with Gasteiger partial charge in [-0.25, -0.2) is 0 Å². The fourth-order valence-corrected chi connectivity index (χ4v) is 2.37. The molecule has 0 aliphatic carbocycles. The molecule has 3 nitrogen and oxygen atoms in total. The predicted molar refractivity (Wildman–Crippen MR) is 85.1 cm³/mol. The summed E-state index contributed by atoms with van der Waals surface area (Å²) < 4.78 is 28.3. The number of halogens is 4. The minimum Gasteiger partial charge on any atom is -0.435 e. The van der Waals surface area contributed by atoms with E-state index in [1.165, 1.54) is 12.1 Å². The smallest absolute Gasteiger partial charge is 0.387 e. The summed E-state index contributed by atoms with van der Waals surface area (Å²) in [5.74, 6) is -0.157. The summed E-state index contributed by atoms with van der Waals surface area (Å²) in [6.07, 6.45) is 0.125. The summed E-state index contributed by atoms with van der Waals surface area (Å²) in [7, 11) is 0. The summed E-state index contributed by atoms with van der Waals surface area (Å²) in [6, 6.07) is 10.9. The van der Waals surface area contributed by atoms with Gasteiger partial charge in [0.1, 0.15) is 5.75 Å². The van der Waals surface area contributed by atoms with Crippen molar-refractivity contribution >= 4 is 29.1 Å². The van der Waals surface area contributed by atoms with E-state index in [0.29, 0.717) is 15.6 Å². The number of carbonyl (C=O) groups is 1. The van der Waals surface area contributed by atoms with Crippen LogP contribution in [0.4, 0.5) is 8.78 Å². The number of hydrogen-bond donors (Lipinski definition) is 1. The number of ether oxygens (including phenoxy) is 1. The molecule has 0 aromatic heterocycles. The highest BCUT2D eigenvalue weighted by Gasteiger charge is 2.07. The maximum Gasteiger partial charge on any atom is 0.387 e. The Bertz CT molecular complexity index is 678. The zero-order chi connectivity index (χ0) is 16.8. The van der Waals surface area contributed by atoms with E-state index in [1.54, 1.807) is 30.3 Å². The van der Waals surface area contributed by atoms with Crippen LogP contribution < -0.4 is 10.1 Å². The number of carbonyl (C=O) groups excluding carboxylic acids is 1. The molecule has 0 saturated heterocycles. The number of alkyl halides is 2. The Hall–Kier alpha value is -1.85. The first-order valence-corrected chi connectivity index (χ1v) is 7.44. The van der Waals surface area contributed by atoms with Crippen LogP contribution in [0.15, 0.2) is 42.5 Å². The second-order valence-corrected chi connectivity index (χ2v) is 5.56. The maximum atomic E-state index is 12.0. The Labute approximate surface area is 142 Å². The quantitative estimate of drug-likeness (QED) is 0.827. The topological polar surface area (TPSA) is 38.3 Å². The Kier molecular flexibility index (Phi) is 6.19. The van der Waals surface area contributed by atoms with Crippen molar-refractivity contribution in [2.75, 3.05) is 0 Å². The molecule has 0 saturated carbocycles. The van der Waals surface area contributed by atoms with Crippen LogP contribution in [-0.4, -0.2) is 12.5 Å². The first-order chi connectivity index (χ1) is 10.9. The van der Waals surface area contributed by atoms with E-state index >= 15 is 0 Å². The zero-order valence-electron chi connectivity index (χ0n) is 11.9. The van der Waals surface area contributed by atoms with Crippen LogP contribution in [0.25, 0.3) is 0 Å². The number of nitrogens with one attached hydrogen (secondary N) is 1. The van der Waals surface area contributed by atoms with Gasteiger partial charge in [0.25, 0.3) is 0 Å². The van der Waals surface area contributed by atoms with Crippen molar-refractivity contribution in [3.05, 3.63) is 63.6 Å². The molecule has 0 aliphatic heterocycles. The van der Waals surface area contributed by atoms with Crippen molar-refractivity contribution in [2.24, 2.45) is 0 Å². The van der Waals surface area contributed by atoms with Crippen molar-refractivity contribution in [2.45, 2.75) is 19.6 Å². The highest BCUT2D eigenvalue weighted by atomic mass is 35.5. The highest BCUT2D eigenvalue weighted by Crippen LogP contribution is 2.21. The van der Waals surface area contributed by atoms with E-state index in [-0.39, 0.29) is 24.6 Å². The molecule has 2 aromatic carbocycles. The van der Waals surface area contributed by atoms with E-state index in [2.05, 4.69) is 10.1 Å². The van der Waals surface area contributed by atoms with Gasteiger partial charge in [-0.05, 0) is 35.4 Å². The van der Waals surface area contributed by atoms with Crippen molar-refractivity contribution < 1.29 is 18.3 Å². The summed E-state index contributed by atoms with van der Waals surface area (Å²) >= 11 is 11.8. The summed E-state index contributed by atoms with van der Waals surface area (Å²) in [4.78, 5) is 11.9. The number of hydrogen-bond acceptors (Lipinski definition) is 2. The molecule has 2 rings (SSSR count). The minimum atomic E-state index is -2.87. The van der Waals surface area contributed by atoms with E-state index in [9.17, 15) is 13.6 Å². The molecular formula is C16H13Cl2F2NO2. The van der Waals surface area contributed by atoms with Gasteiger partial charge in [0.2, 0.25) is 5.91 Å². The van der Waals surface area contributed by atoms with Gasteiger partial charge in [0, 0.05) is 16.6 Å². The molecule has 0 fully saturated rings. The van der Waals surface area contributed by atoms with Crippen LogP contribution in [0.5, 0.6) is 5.75 Å². The molecule has 0 aliphatic rings. The lowest BCUT2D eigenvalue weighted by molar-refractivity contribution is -0.120. The first-order valence-electron chi connectivity index (χ1n) is 6.68. The maximum absolute atomic E-state index is 12.0. The lowest BCUT2D eigenvalue weighted by Gasteiger charge is -2.08. The van der Waals surface area contributed by atoms with Crippen LogP contribution in [0.2, 0.25) is 10.0 Å². The Morgan fingerprint density at radius 1 is 1.13 bits per heavy atom. The molecule has 0 radical (unpaired) electrons. The summed E-state index contributed by atoms with van der Waals surface area (Å²) in [5.41, 5.74) is 1.44. The third-order valence-electron chi connectivity index (χ3n) is 3.00. The number of amides is 1. The van der Waals surface area contributed by atoms with Gasteiger partial charge in [0.05, 0.1) is 6.42 Å². The zero-order valence-corrected chi connectivity index (χ0v) is 13.4. The van der Waals surface area contributed by atoms with E-state index in [0.717, 1.165) is 5.56 Å². The molecule has 0 spiro atoms. The molecule has 0 unspecified atom stereocenters. The number of benzene rings is 2. The fourth-order valence-electron chi connectivity index (χ4n) is 1.90. The second-order valence-electron chi connectivity index (χ2n) is 4.71. The SMILES string of the molecule is O=C(Cc1ccc(OC(F)F)cc1)NCc1ccc(Cl)cc1Cl. The molecule has 23 heavy (non-hydrogen) atoms. The summed E-state index contributed by atoms with van der Waals surface area (Å²) in [5, 5.41) is 3.74. The van der Waals surface area contributed by atoms with Gasteiger partial charge < -0.3 is 10.1 Å². The lowest BCUT2D eigenvalue weighted by Crippen LogP contribution is -2.24. The lowest BCUT2D eigenvalue weighted by atomic mass is 10.1. The largest absolute Gasteiger partial charge is 0.435 e. The Balaban J connectivity index is 1.87. The van der Waals surface area contributed by atoms with Crippen molar-refractivity contribution in [1.29, 1.82) is 0 Å². The predicted octanol–water partition coefficient (Wildman–Crippen LogP) is 4.45. The first kappa shape index (κ1) is 17.5. The third kappa shape index (κ3) is 5.69. The number of rotatable bonds is 6. The van der Waals surface area contributed by atoms with Gasteiger partial charge >= 0.3 is 6.61 Å². The highest BCUT2D eigenvalue weighted by molar-refractivity contribution is 6.35. The van der Waals surface area contributed by atoms with E-state index in [4.69, 9.17) is 23.2 Å². The van der Waals surface area contributed by atoms with Gasteiger partial charge in [-0.2, -0.15) is 8.78 Å². The van der Waals surface area contributed by atoms with Gasteiger partial charge in [0.15, 0.2) is 0 Å². The van der Waals surface area contributed by atoms with Crippen LogP contribution in [0.3, 0.4) is 0 Å². The molecule has 1 amide bonds. The fraction of sp³-hybridized carbons (Fsp3) is 0.188. The van der Waals surface area contributed by atoms with Crippen molar-refractivity contribution in [3.63, 3.8) is 0 Å². The summed E-state index contributed by atoms with van der Waals surface area (Å²) in [6.45, 7) is -2.59. The molecule has 0 bridgehead atoms. The van der Waals surface area contributed by atoms with Gasteiger partial charge in [-0.1, -0.05) is 41.4 Å². The molecule has 7 heteroatoms. The monoisotopic (exact) mass is 359 g/mol. The van der Waals surface area contributed by atoms with Gasteiger partial charge in [-0.3, -0.25) is 4.79 Å². The minimum absolute atomic E-state index is 0.0529. The molecule has 0 heterocycles. The average molecular weight is 360 g/mol. The van der Waals surface area contributed by atoms with Crippen LogP contribution in [0, 0.1) is 0 Å². The molecule has 2 aromatic rings. The molecule has 122 valence electrons. The average Bonchev–Trinajstić information content (AvgIpc) is 2.48.